The number of methoxy groups -OCH3 is 1. The van der Waals surface area contributed by atoms with Gasteiger partial charge in [-0.1, -0.05) is 0 Å². The summed E-state index contributed by atoms with van der Waals surface area (Å²) in [5.41, 5.74) is 1.92. The van der Waals surface area contributed by atoms with Gasteiger partial charge in [0.25, 0.3) is 0 Å². The molecule has 2 aromatic heterocycles. The average Bonchev–Trinajstić information content (AvgIpc) is 2.89. The van der Waals surface area contributed by atoms with Crippen LogP contribution in [0.3, 0.4) is 0 Å². The summed E-state index contributed by atoms with van der Waals surface area (Å²) in [4.78, 5) is 8.50. The molecule has 0 bridgehead atoms. The highest BCUT2D eigenvalue weighted by Gasteiger charge is 2.15. The van der Waals surface area contributed by atoms with E-state index in [2.05, 4.69) is 15.1 Å². The number of fused-ring (bicyclic) bond motifs is 1. The Kier molecular flexibility index (Phi) is 3.09. The largest absolute Gasteiger partial charge is 0.496 e. The molecule has 0 saturated carbocycles. The molecule has 21 heavy (non-hydrogen) atoms. The number of benzene rings is 1. The zero-order chi connectivity index (χ0) is 15.0. The fraction of sp³-hybridized carbons (Fsp3) is 0.154. The molecule has 0 aliphatic rings. The molecule has 3 aromatic rings. The van der Waals surface area contributed by atoms with Crippen molar-refractivity contribution in [3.63, 3.8) is 0 Å². The van der Waals surface area contributed by atoms with Crippen molar-refractivity contribution in [1.29, 1.82) is 0 Å². The Hall–Kier alpha value is -2.48. The number of imidazole rings is 1. The number of nitrogens with zero attached hydrogens (tertiary/aromatic N) is 4. The third-order valence-corrected chi connectivity index (χ3v) is 4.13. The summed E-state index contributed by atoms with van der Waals surface area (Å²) in [6, 6.07) is 4.69. The van der Waals surface area contributed by atoms with Gasteiger partial charge in [-0.15, -0.1) is 0 Å². The summed E-state index contributed by atoms with van der Waals surface area (Å²) in [7, 11) is -1.80. The molecule has 1 aromatic carbocycles. The molecule has 3 rings (SSSR count). The second kappa shape index (κ2) is 4.81. The second-order valence-corrected chi connectivity index (χ2v) is 6.49. The lowest BCUT2D eigenvalue weighted by atomic mass is 10.1. The second-order valence-electron chi connectivity index (χ2n) is 4.47. The van der Waals surface area contributed by atoms with Crippen LogP contribution in [-0.2, 0) is 9.84 Å². The molecule has 0 aliphatic heterocycles. The van der Waals surface area contributed by atoms with Crippen molar-refractivity contribution >= 4 is 15.5 Å². The first kappa shape index (κ1) is 13.5. The van der Waals surface area contributed by atoms with Gasteiger partial charge in [-0.25, -0.2) is 22.9 Å². The quantitative estimate of drug-likeness (QED) is 0.722. The summed E-state index contributed by atoms with van der Waals surface area (Å²) in [5, 5.41) is 4.05. The van der Waals surface area contributed by atoms with Crippen molar-refractivity contribution in [2.75, 3.05) is 13.4 Å². The molecule has 108 valence electrons. The van der Waals surface area contributed by atoms with E-state index in [9.17, 15) is 8.42 Å². The van der Waals surface area contributed by atoms with Crippen molar-refractivity contribution in [3.05, 3.63) is 36.9 Å². The summed E-state index contributed by atoms with van der Waals surface area (Å²) in [5.74, 6) is 0.439. The lowest BCUT2D eigenvalue weighted by Crippen LogP contribution is -1.98. The molecule has 0 N–H and O–H groups in total. The van der Waals surface area contributed by atoms with Crippen LogP contribution < -0.4 is 4.74 Å². The van der Waals surface area contributed by atoms with Crippen LogP contribution in [0.4, 0.5) is 0 Å². The lowest BCUT2D eigenvalue weighted by molar-refractivity contribution is 0.415. The number of rotatable bonds is 3. The molecule has 0 saturated heterocycles. The molecular weight excluding hydrogens is 292 g/mol. The first-order valence-corrected chi connectivity index (χ1v) is 7.92. The van der Waals surface area contributed by atoms with E-state index in [0.29, 0.717) is 22.7 Å². The lowest BCUT2D eigenvalue weighted by Gasteiger charge is -2.08. The van der Waals surface area contributed by atoms with Crippen LogP contribution in [0.5, 0.6) is 5.75 Å². The maximum atomic E-state index is 11.6. The third-order valence-electron chi connectivity index (χ3n) is 3.02. The first-order valence-electron chi connectivity index (χ1n) is 6.03. The summed E-state index contributed by atoms with van der Waals surface area (Å²) in [6.07, 6.45) is 5.90. The van der Waals surface area contributed by atoms with Gasteiger partial charge in [0.1, 0.15) is 12.1 Å². The Morgan fingerprint density at radius 3 is 2.76 bits per heavy atom. The van der Waals surface area contributed by atoms with E-state index in [1.54, 1.807) is 23.0 Å². The fourth-order valence-electron chi connectivity index (χ4n) is 1.99. The Balaban J connectivity index is 2.17. The van der Waals surface area contributed by atoms with E-state index in [-0.39, 0.29) is 4.90 Å². The SMILES string of the molecule is COc1cc(S(C)(=O)=O)ccc1-c1cn2ncncc2n1. The fourth-order valence-corrected chi connectivity index (χ4v) is 2.63. The molecule has 0 atom stereocenters. The molecule has 0 amide bonds. The van der Waals surface area contributed by atoms with Crippen molar-refractivity contribution < 1.29 is 13.2 Å². The van der Waals surface area contributed by atoms with E-state index >= 15 is 0 Å². The molecule has 2 heterocycles. The normalized spacial score (nSPS) is 11.7. The van der Waals surface area contributed by atoms with Crippen LogP contribution >= 0.6 is 0 Å². The smallest absolute Gasteiger partial charge is 0.175 e. The monoisotopic (exact) mass is 304 g/mol. The van der Waals surface area contributed by atoms with Gasteiger partial charge in [-0.05, 0) is 18.2 Å². The topological polar surface area (TPSA) is 86.5 Å². The highest BCUT2D eigenvalue weighted by molar-refractivity contribution is 7.90. The minimum absolute atomic E-state index is 0.201. The Morgan fingerprint density at radius 2 is 2.10 bits per heavy atom. The molecule has 7 nitrogen and oxygen atoms in total. The predicted octanol–water partition coefficient (Wildman–Crippen LogP) is 1.20. The highest BCUT2D eigenvalue weighted by atomic mass is 32.2. The maximum absolute atomic E-state index is 11.6. The van der Waals surface area contributed by atoms with E-state index in [1.807, 2.05) is 0 Å². The molecule has 0 fully saturated rings. The van der Waals surface area contributed by atoms with E-state index < -0.39 is 9.84 Å². The maximum Gasteiger partial charge on any atom is 0.175 e. The van der Waals surface area contributed by atoms with Crippen molar-refractivity contribution in [1.82, 2.24) is 19.6 Å². The predicted molar refractivity (Wildman–Crippen MR) is 75.9 cm³/mol. The minimum atomic E-state index is -3.29. The highest BCUT2D eigenvalue weighted by Crippen LogP contribution is 2.31. The number of sulfone groups is 1. The van der Waals surface area contributed by atoms with Crippen LogP contribution in [-0.4, -0.2) is 41.4 Å². The number of aromatic nitrogens is 4. The molecule has 0 radical (unpaired) electrons. The summed E-state index contributed by atoms with van der Waals surface area (Å²) in [6.45, 7) is 0. The molecule has 0 aliphatic carbocycles. The van der Waals surface area contributed by atoms with Gasteiger partial charge in [0.2, 0.25) is 0 Å². The molecule has 0 unspecified atom stereocenters. The van der Waals surface area contributed by atoms with Gasteiger partial charge < -0.3 is 4.74 Å². The van der Waals surface area contributed by atoms with Crippen molar-refractivity contribution in [2.45, 2.75) is 4.90 Å². The average molecular weight is 304 g/mol. The van der Waals surface area contributed by atoms with Crippen molar-refractivity contribution in [2.24, 2.45) is 0 Å². The third kappa shape index (κ3) is 2.45. The Labute approximate surface area is 121 Å². The van der Waals surface area contributed by atoms with Gasteiger partial charge in [0.05, 0.1) is 30.1 Å². The van der Waals surface area contributed by atoms with Crippen molar-refractivity contribution in [3.8, 4) is 17.0 Å². The Bertz CT molecular complexity index is 885. The van der Waals surface area contributed by atoms with Gasteiger partial charge in [-0.2, -0.15) is 5.10 Å². The van der Waals surface area contributed by atoms with Crippen LogP contribution in [0.15, 0.2) is 41.8 Å². The van der Waals surface area contributed by atoms with Gasteiger partial charge >= 0.3 is 0 Å². The van der Waals surface area contributed by atoms with Gasteiger partial charge in [0.15, 0.2) is 15.5 Å². The minimum Gasteiger partial charge on any atom is -0.496 e. The van der Waals surface area contributed by atoms with Crippen LogP contribution in [0.1, 0.15) is 0 Å². The van der Waals surface area contributed by atoms with Crippen LogP contribution in [0.25, 0.3) is 16.9 Å². The first-order chi connectivity index (χ1) is 9.99. The summed E-state index contributed by atoms with van der Waals surface area (Å²) < 4.78 is 30.1. The number of ether oxygens (including phenoxy) is 1. The van der Waals surface area contributed by atoms with Crippen LogP contribution in [0, 0.1) is 0 Å². The Morgan fingerprint density at radius 1 is 1.29 bits per heavy atom. The van der Waals surface area contributed by atoms with E-state index in [1.165, 1.54) is 25.6 Å². The zero-order valence-electron chi connectivity index (χ0n) is 11.4. The zero-order valence-corrected chi connectivity index (χ0v) is 12.2. The number of hydrogen-bond donors (Lipinski definition) is 0. The standard InChI is InChI=1S/C13H12N4O3S/c1-20-12-5-9(21(2,18)19)3-4-10(12)11-7-17-13(16-11)6-14-8-15-17/h3-8H,1-2H3. The molecule has 0 spiro atoms. The van der Waals surface area contributed by atoms with Gasteiger partial charge in [-0.3, -0.25) is 0 Å². The summed E-state index contributed by atoms with van der Waals surface area (Å²) >= 11 is 0. The number of hydrogen-bond acceptors (Lipinski definition) is 6. The van der Waals surface area contributed by atoms with Crippen LogP contribution in [0.2, 0.25) is 0 Å². The molecular formula is C13H12N4O3S. The van der Waals surface area contributed by atoms with E-state index in [0.717, 1.165) is 6.26 Å². The molecule has 8 heteroatoms. The van der Waals surface area contributed by atoms with Gasteiger partial charge in [0, 0.05) is 11.8 Å². The van der Waals surface area contributed by atoms with E-state index in [4.69, 9.17) is 4.74 Å².